The van der Waals surface area contributed by atoms with Crippen molar-refractivity contribution in [2.24, 2.45) is 0 Å². The predicted octanol–water partition coefficient (Wildman–Crippen LogP) is 1.87. The molecule has 1 N–H and O–H groups in total. The average molecular weight is 484 g/mol. The summed E-state index contributed by atoms with van der Waals surface area (Å²) >= 11 is 0. The van der Waals surface area contributed by atoms with E-state index in [1.807, 2.05) is 13.0 Å². The summed E-state index contributed by atoms with van der Waals surface area (Å²) in [6.07, 6.45) is 0.521. The summed E-state index contributed by atoms with van der Waals surface area (Å²) in [5.74, 6) is 1.31. The Morgan fingerprint density at radius 2 is 1.69 bits per heavy atom. The Kier molecular flexibility index (Phi) is 7.68. The van der Waals surface area contributed by atoms with E-state index >= 15 is 0 Å². The molecule has 32 heavy (non-hydrogen) atoms. The molecule has 0 amide bonds. The Bertz CT molecular complexity index is 1130. The Hall–Kier alpha value is -2.30. The van der Waals surface area contributed by atoms with Crippen LogP contribution in [0.5, 0.6) is 17.2 Å². The number of rotatable bonds is 10. The van der Waals surface area contributed by atoms with E-state index in [1.54, 1.807) is 38.5 Å². The highest BCUT2D eigenvalue weighted by Gasteiger charge is 2.45. The molecule has 0 saturated carbocycles. The molecular weight excluding hydrogens is 454 g/mol. The van der Waals surface area contributed by atoms with E-state index in [0.717, 1.165) is 5.56 Å². The van der Waals surface area contributed by atoms with Gasteiger partial charge in [-0.05, 0) is 67.9 Å². The van der Waals surface area contributed by atoms with Crippen molar-refractivity contribution in [2.45, 2.75) is 29.5 Å². The van der Waals surface area contributed by atoms with Crippen molar-refractivity contribution in [3.8, 4) is 17.2 Å². The maximum atomic E-state index is 13.2. The number of nitrogens with one attached hydrogen (secondary N) is 1. The zero-order valence-corrected chi connectivity index (χ0v) is 20.0. The minimum absolute atomic E-state index is 0.0873. The first-order valence-electron chi connectivity index (χ1n) is 10.3. The van der Waals surface area contributed by atoms with E-state index in [4.69, 9.17) is 14.2 Å². The van der Waals surface area contributed by atoms with Crippen molar-refractivity contribution in [2.75, 3.05) is 38.9 Å². The minimum Gasteiger partial charge on any atom is -0.497 e. The van der Waals surface area contributed by atoms with E-state index in [0.29, 0.717) is 36.8 Å². The van der Waals surface area contributed by atoms with Crippen molar-refractivity contribution >= 4 is 19.7 Å². The quantitative estimate of drug-likeness (QED) is 0.546. The maximum Gasteiger partial charge on any atom is 0.183 e. The molecule has 1 fully saturated rings. The first-order chi connectivity index (χ1) is 15.2. The van der Waals surface area contributed by atoms with Crippen LogP contribution in [0.4, 0.5) is 0 Å². The zero-order valence-electron chi connectivity index (χ0n) is 18.4. The first-order valence-corrected chi connectivity index (χ1v) is 13.7. The standard InChI is InChI=1S/C22H29NO7S2/c1-4-30-17-5-8-19(9-6-17)32(26,27)22-15-31(24,25)14-20(22)23-12-11-16-13-18(28-2)7-10-21(16)29-3/h5-10,13,20,22-23H,4,11-12,14-15H2,1-3H3/t20-,22-/m0/s1. The predicted molar refractivity (Wildman–Crippen MR) is 122 cm³/mol. The SMILES string of the molecule is CCOc1ccc(S(=O)(=O)[C@H]2CS(=O)(=O)C[C@@H]2NCCc2cc(OC)ccc2OC)cc1. The second kappa shape index (κ2) is 10.1. The maximum absolute atomic E-state index is 13.2. The van der Waals surface area contributed by atoms with E-state index in [9.17, 15) is 16.8 Å². The molecule has 3 rings (SSSR count). The number of methoxy groups -OCH3 is 2. The van der Waals surface area contributed by atoms with Gasteiger partial charge >= 0.3 is 0 Å². The van der Waals surface area contributed by atoms with Gasteiger partial charge < -0.3 is 19.5 Å². The molecule has 2 aromatic carbocycles. The molecule has 0 radical (unpaired) electrons. The van der Waals surface area contributed by atoms with Crippen molar-refractivity contribution in [1.29, 1.82) is 0 Å². The molecular formula is C22H29NO7S2. The molecule has 1 saturated heterocycles. The van der Waals surface area contributed by atoms with Crippen LogP contribution in [0.25, 0.3) is 0 Å². The lowest BCUT2D eigenvalue weighted by atomic mass is 10.1. The minimum atomic E-state index is -3.85. The van der Waals surface area contributed by atoms with Crippen LogP contribution in [0.2, 0.25) is 0 Å². The van der Waals surface area contributed by atoms with Gasteiger partial charge in [-0.2, -0.15) is 0 Å². The fourth-order valence-corrected chi connectivity index (χ4v) is 8.56. The number of hydrogen-bond acceptors (Lipinski definition) is 8. The lowest BCUT2D eigenvalue weighted by Crippen LogP contribution is -2.44. The van der Waals surface area contributed by atoms with Crippen molar-refractivity contribution in [1.82, 2.24) is 5.32 Å². The van der Waals surface area contributed by atoms with Gasteiger partial charge in [-0.15, -0.1) is 0 Å². The molecule has 0 spiro atoms. The highest BCUT2D eigenvalue weighted by atomic mass is 32.2. The molecule has 1 aliphatic rings. The summed E-state index contributed by atoms with van der Waals surface area (Å²) in [5, 5.41) is 2.10. The smallest absolute Gasteiger partial charge is 0.183 e. The van der Waals surface area contributed by atoms with E-state index in [2.05, 4.69) is 5.32 Å². The molecule has 10 heteroatoms. The Labute approximate surface area is 189 Å². The molecule has 0 aromatic heterocycles. The molecule has 0 aliphatic carbocycles. The fourth-order valence-electron chi connectivity index (χ4n) is 3.85. The topological polar surface area (TPSA) is 108 Å². The summed E-state index contributed by atoms with van der Waals surface area (Å²) in [5.41, 5.74) is 0.881. The van der Waals surface area contributed by atoms with Crippen LogP contribution in [-0.2, 0) is 26.1 Å². The third-order valence-electron chi connectivity index (χ3n) is 5.45. The van der Waals surface area contributed by atoms with Gasteiger partial charge in [-0.1, -0.05) is 0 Å². The monoisotopic (exact) mass is 483 g/mol. The molecule has 176 valence electrons. The Morgan fingerprint density at radius 3 is 2.31 bits per heavy atom. The van der Waals surface area contributed by atoms with E-state index in [-0.39, 0.29) is 10.6 Å². The molecule has 1 heterocycles. The zero-order chi connectivity index (χ0) is 23.4. The molecule has 1 aliphatic heterocycles. The van der Waals surface area contributed by atoms with Gasteiger partial charge in [-0.25, -0.2) is 16.8 Å². The van der Waals surface area contributed by atoms with Crippen LogP contribution in [-0.4, -0.2) is 67.0 Å². The lowest BCUT2D eigenvalue weighted by molar-refractivity contribution is 0.340. The highest BCUT2D eigenvalue weighted by Crippen LogP contribution is 2.28. The van der Waals surface area contributed by atoms with Gasteiger partial charge in [0, 0.05) is 6.04 Å². The van der Waals surface area contributed by atoms with Gasteiger partial charge in [0.25, 0.3) is 0 Å². The number of benzene rings is 2. The summed E-state index contributed by atoms with van der Waals surface area (Å²) < 4.78 is 67.1. The van der Waals surface area contributed by atoms with Crippen LogP contribution in [0.3, 0.4) is 0 Å². The second-order valence-electron chi connectivity index (χ2n) is 7.55. The lowest BCUT2D eigenvalue weighted by Gasteiger charge is -2.20. The number of hydrogen-bond donors (Lipinski definition) is 1. The normalized spacial score (nSPS) is 20.1. The van der Waals surface area contributed by atoms with Gasteiger partial charge in [0.2, 0.25) is 0 Å². The van der Waals surface area contributed by atoms with Gasteiger partial charge in [-0.3, -0.25) is 0 Å². The Morgan fingerprint density at radius 1 is 1.00 bits per heavy atom. The Balaban J connectivity index is 1.75. The van der Waals surface area contributed by atoms with Crippen molar-refractivity contribution in [3.05, 3.63) is 48.0 Å². The molecule has 2 aromatic rings. The second-order valence-corrected chi connectivity index (χ2v) is 11.9. The molecule has 0 unspecified atom stereocenters. The van der Waals surface area contributed by atoms with Gasteiger partial charge in [0.15, 0.2) is 19.7 Å². The molecule has 0 bridgehead atoms. The van der Waals surface area contributed by atoms with Crippen molar-refractivity contribution < 1.29 is 31.0 Å². The number of ether oxygens (including phenoxy) is 3. The summed E-state index contributed by atoms with van der Waals surface area (Å²) in [6.45, 7) is 2.70. The molecule has 8 nitrogen and oxygen atoms in total. The van der Waals surface area contributed by atoms with E-state index in [1.165, 1.54) is 12.1 Å². The first kappa shape index (κ1) is 24.3. The van der Waals surface area contributed by atoms with Gasteiger partial charge in [0.1, 0.15) is 17.2 Å². The summed E-state index contributed by atoms with van der Waals surface area (Å²) in [7, 11) is -4.19. The van der Waals surface area contributed by atoms with Crippen molar-refractivity contribution in [3.63, 3.8) is 0 Å². The summed E-state index contributed by atoms with van der Waals surface area (Å²) in [6, 6.07) is 10.8. The van der Waals surface area contributed by atoms with Crippen LogP contribution < -0.4 is 19.5 Å². The van der Waals surface area contributed by atoms with Gasteiger partial charge in [0.05, 0.1) is 42.5 Å². The highest BCUT2D eigenvalue weighted by molar-refractivity contribution is 7.96. The van der Waals surface area contributed by atoms with Crippen LogP contribution in [0.15, 0.2) is 47.4 Å². The number of sulfone groups is 2. The van der Waals surface area contributed by atoms with Crippen LogP contribution >= 0.6 is 0 Å². The average Bonchev–Trinajstić information content (AvgIpc) is 3.09. The summed E-state index contributed by atoms with van der Waals surface area (Å²) in [4.78, 5) is 0.0873. The van der Waals surface area contributed by atoms with Crippen LogP contribution in [0.1, 0.15) is 12.5 Å². The third kappa shape index (κ3) is 5.54. The van der Waals surface area contributed by atoms with E-state index < -0.39 is 36.7 Å². The van der Waals surface area contributed by atoms with Crippen LogP contribution in [0, 0.1) is 0 Å². The third-order valence-corrected chi connectivity index (χ3v) is 9.62. The molecule has 2 atom stereocenters. The fraction of sp³-hybridized carbons (Fsp3) is 0.455. The largest absolute Gasteiger partial charge is 0.497 e.